The molecule has 0 spiro atoms. The Hall–Kier alpha value is -1.83. The van der Waals surface area contributed by atoms with Gasteiger partial charge in [0.25, 0.3) is 0 Å². The number of aryl methyl sites for hydroxylation is 2. The Morgan fingerprint density at radius 2 is 2.19 bits per heavy atom. The molecule has 2 heterocycles. The second-order valence-corrected chi connectivity index (χ2v) is 6.79. The van der Waals surface area contributed by atoms with E-state index in [4.69, 9.17) is 0 Å². The first-order valence-electron chi connectivity index (χ1n) is 6.62. The van der Waals surface area contributed by atoms with E-state index in [0.717, 1.165) is 11.5 Å². The van der Waals surface area contributed by atoms with Crippen LogP contribution >= 0.6 is 11.8 Å². The average molecular weight is 308 g/mol. The molecule has 21 heavy (non-hydrogen) atoms. The number of H-pyrrole nitrogens is 1. The van der Waals surface area contributed by atoms with Crippen molar-refractivity contribution in [2.45, 2.75) is 38.3 Å². The Morgan fingerprint density at radius 3 is 2.71 bits per heavy atom. The van der Waals surface area contributed by atoms with Crippen molar-refractivity contribution in [3.63, 3.8) is 0 Å². The molecule has 0 aliphatic rings. The Kier molecular flexibility index (Phi) is 4.36. The lowest BCUT2D eigenvalue weighted by molar-refractivity contribution is -0.113. The molecule has 0 saturated heterocycles. The summed E-state index contributed by atoms with van der Waals surface area (Å²) in [6.45, 7) is 8.05. The normalized spacial score (nSPS) is 11.7. The summed E-state index contributed by atoms with van der Waals surface area (Å²) in [7, 11) is 1.79. The van der Waals surface area contributed by atoms with Gasteiger partial charge in [0.15, 0.2) is 0 Å². The largest absolute Gasteiger partial charge is 0.310 e. The molecule has 1 amide bonds. The molecular weight excluding hydrogens is 288 g/mol. The predicted octanol–water partition coefficient (Wildman–Crippen LogP) is 1.87. The van der Waals surface area contributed by atoms with Gasteiger partial charge in [-0.1, -0.05) is 32.5 Å². The Balaban J connectivity index is 1.89. The summed E-state index contributed by atoms with van der Waals surface area (Å²) in [4.78, 5) is 16.3. The monoisotopic (exact) mass is 308 g/mol. The van der Waals surface area contributed by atoms with Crippen LogP contribution in [0, 0.1) is 6.92 Å². The second kappa shape index (κ2) is 5.88. The molecule has 0 aromatic carbocycles. The number of hydrogen-bond donors (Lipinski definition) is 2. The van der Waals surface area contributed by atoms with Crippen molar-refractivity contribution in [2.24, 2.45) is 7.05 Å². The summed E-state index contributed by atoms with van der Waals surface area (Å²) in [6, 6.07) is 1.83. The van der Waals surface area contributed by atoms with E-state index in [2.05, 4.69) is 46.4 Å². The first-order valence-corrected chi connectivity index (χ1v) is 7.60. The number of rotatable bonds is 4. The van der Waals surface area contributed by atoms with Crippen LogP contribution < -0.4 is 5.32 Å². The highest BCUT2D eigenvalue weighted by Gasteiger charge is 2.19. The van der Waals surface area contributed by atoms with Gasteiger partial charge in [-0.2, -0.15) is 5.10 Å². The maximum Gasteiger partial charge on any atom is 0.235 e. The number of carbonyl (C=O) groups excluding carboxylic acids is 1. The van der Waals surface area contributed by atoms with Gasteiger partial charge in [0, 0.05) is 18.5 Å². The third kappa shape index (κ3) is 4.07. The summed E-state index contributed by atoms with van der Waals surface area (Å²) in [5, 5.41) is 14.6. The molecule has 0 aliphatic carbocycles. The van der Waals surface area contributed by atoms with E-state index in [1.807, 2.05) is 13.0 Å². The molecule has 2 rings (SSSR count). The zero-order valence-corrected chi connectivity index (χ0v) is 13.7. The highest BCUT2D eigenvalue weighted by atomic mass is 32.2. The number of hydrogen-bond acceptors (Lipinski definition) is 5. The van der Waals surface area contributed by atoms with E-state index in [1.54, 1.807) is 11.7 Å². The van der Waals surface area contributed by atoms with Crippen LogP contribution in [0.15, 0.2) is 11.2 Å². The molecule has 7 nitrogen and oxygen atoms in total. The number of anilines is 1. The van der Waals surface area contributed by atoms with Crippen molar-refractivity contribution in [1.82, 2.24) is 25.0 Å². The molecule has 0 unspecified atom stereocenters. The highest BCUT2D eigenvalue weighted by molar-refractivity contribution is 7.99. The molecular formula is C13H20N6OS. The Morgan fingerprint density at radius 1 is 1.48 bits per heavy atom. The molecule has 0 radical (unpaired) electrons. The van der Waals surface area contributed by atoms with Crippen molar-refractivity contribution in [3.05, 3.63) is 17.6 Å². The van der Waals surface area contributed by atoms with Gasteiger partial charge >= 0.3 is 0 Å². The molecule has 0 atom stereocenters. The fourth-order valence-electron chi connectivity index (χ4n) is 1.68. The predicted molar refractivity (Wildman–Crippen MR) is 82.4 cm³/mol. The maximum atomic E-state index is 11.9. The van der Waals surface area contributed by atoms with E-state index in [1.165, 1.54) is 11.8 Å². The van der Waals surface area contributed by atoms with E-state index in [9.17, 15) is 4.79 Å². The van der Waals surface area contributed by atoms with Crippen LogP contribution in [0.1, 0.15) is 32.3 Å². The van der Waals surface area contributed by atoms with Gasteiger partial charge in [0.1, 0.15) is 11.6 Å². The van der Waals surface area contributed by atoms with Gasteiger partial charge in [-0.15, -0.1) is 5.10 Å². The van der Waals surface area contributed by atoms with Gasteiger partial charge in [-0.3, -0.25) is 14.6 Å². The minimum absolute atomic E-state index is 0.0830. The van der Waals surface area contributed by atoms with E-state index >= 15 is 0 Å². The number of nitrogens with one attached hydrogen (secondary N) is 2. The van der Waals surface area contributed by atoms with Crippen LogP contribution in [0.4, 0.5) is 5.82 Å². The third-order valence-electron chi connectivity index (χ3n) is 2.78. The quantitative estimate of drug-likeness (QED) is 0.842. The fraction of sp³-hybridized carbons (Fsp3) is 0.538. The van der Waals surface area contributed by atoms with Crippen molar-refractivity contribution < 1.29 is 4.79 Å². The smallest absolute Gasteiger partial charge is 0.235 e. The Labute approximate surface area is 127 Å². The van der Waals surface area contributed by atoms with Crippen molar-refractivity contribution in [2.75, 3.05) is 11.1 Å². The van der Waals surface area contributed by atoms with Crippen molar-refractivity contribution in [1.29, 1.82) is 0 Å². The molecule has 2 aromatic rings. The molecule has 114 valence electrons. The van der Waals surface area contributed by atoms with Crippen molar-refractivity contribution >= 4 is 23.5 Å². The first kappa shape index (κ1) is 15.6. The molecule has 0 fully saturated rings. The molecule has 0 saturated carbocycles. The summed E-state index contributed by atoms with van der Waals surface area (Å²) >= 11 is 1.30. The lowest BCUT2D eigenvalue weighted by Crippen LogP contribution is -2.16. The number of aromatic nitrogens is 5. The minimum atomic E-state index is -0.106. The van der Waals surface area contributed by atoms with Crippen LogP contribution in [-0.2, 0) is 17.3 Å². The maximum absolute atomic E-state index is 11.9. The standard InChI is InChI=1S/C13H20N6OS/c1-8-6-9(19(5)18-8)14-10(20)7-21-12-15-11(16-17-12)13(2,3)4/h6H,7H2,1-5H3,(H,14,20)(H,15,16,17). The number of aromatic amines is 1. The van der Waals surface area contributed by atoms with E-state index < -0.39 is 0 Å². The van der Waals surface area contributed by atoms with Crippen LogP contribution in [0.5, 0.6) is 0 Å². The second-order valence-electron chi connectivity index (χ2n) is 5.85. The van der Waals surface area contributed by atoms with Gasteiger partial charge in [0.2, 0.25) is 11.1 Å². The lowest BCUT2D eigenvalue weighted by Gasteiger charge is -2.12. The van der Waals surface area contributed by atoms with Gasteiger partial charge in [0.05, 0.1) is 11.4 Å². The van der Waals surface area contributed by atoms with Crippen molar-refractivity contribution in [3.8, 4) is 0 Å². The van der Waals surface area contributed by atoms with Crippen LogP contribution in [0.25, 0.3) is 0 Å². The molecule has 2 N–H and O–H groups in total. The van der Waals surface area contributed by atoms with Gasteiger partial charge in [-0.05, 0) is 6.92 Å². The number of amides is 1. The Bertz CT molecular complexity index is 639. The first-order chi connectivity index (χ1) is 9.75. The summed E-state index contributed by atoms with van der Waals surface area (Å²) in [5.74, 6) is 1.65. The topological polar surface area (TPSA) is 88.5 Å². The molecule has 8 heteroatoms. The average Bonchev–Trinajstić information content (AvgIpc) is 2.94. The SMILES string of the molecule is Cc1cc(NC(=O)CSc2n[nH]c(C(C)(C)C)n2)n(C)n1. The number of carbonyl (C=O) groups is 1. The molecule has 0 aliphatic heterocycles. The molecule has 0 bridgehead atoms. The zero-order chi connectivity index (χ0) is 15.6. The van der Waals surface area contributed by atoms with Crippen LogP contribution in [0.2, 0.25) is 0 Å². The van der Waals surface area contributed by atoms with Gasteiger partial charge < -0.3 is 5.32 Å². The van der Waals surface area contributed by atoms with E-state index in [-0.39, 0.29) is 17.1 Å². The highest BCUT2D eigenvalue weighted by Crippen LogP contribution is 2.21. The summed E-state index contributed by atoms with van der Waals surface area (Å²) < 4.78 is 1.64. The number of nitrogens with zero attached hydrogens (tertiary/aromatic N) is 4. The van der Waals surface area contributed by atoms with Crippen LogP contribution in [-0.4, -0.2) is 36.6 Å². The fourth-order valence-corrected chi connectivity index (χ4v) is 2.28. The van der Waals surface area contributed by atoms with E-state index in [0.29, 0.717) is 11.0 Å². The minimum Gasteiger partial charge on any atom is -0.310 e. The number of thioether (sulfide) groups is 1. The molecule has 2 aromatic heterocycles. The third-order valence-corrected chi connectivity index (χ3v) is 3.62. The lowest BCUT2D eigenvalue weighted by atomic mass is 9.96. The summed E-state index contributed by atoms with van der Waals surface area (Å²) in [5.41, 5.74) is 0.782. The summed E-state index contributed by atoms with van der Waals surface area (Å²) in [6.07, 6.45) is 0. The van der Waals surface area contributed by atoms with Gasteiger partial charge in [-0.25, -0.2) is 4.98 Å². The van der Waals surface area contributed by atoms with Crippen LogP contribution in [0.3, 0.4) is 0 Å². The zero-order valence-electron chi connectivity index (χ0n) is 12.9.